The molecule has 2 rings (SSSR count). The molecule has 0 heterocycles. The van der Waals surface area contributed by atoms with Gasteiger partial charge in [-0.1, -0.05) is 23.4 Å². The summed E-state index contributed by atoms with van der Waals surface area (Å²) in [6.45, 7) is 0. The fraction of sp³-hybridized carbons (Fsp3) is 0.222. The van der Waals surface area contributed by atoms with Gasteiger partial charge in [-0.3, -0.25) is 0 Å². The molecule has 0 saturated heterocycles. The maximum Gasteiger partial charge on any atom is 0.0874 e. The number of hydrogen-bond acceptors (Lipinski definition) is 2. The monoisotopic (exact) mass is 146 g/mol. The first-order valence-corrected chi connectivity index (χ1v) is 3.62. The molecule has 0 saturated carbocycles. The lowest BCUT2D eigenvalue weighted by atomic mass is 10.1. The van der Waals surface area contributed by atoms with Gasteiger partial charge < -0.3 is 5.21 Å². The molecule has 1 aliphatic rings. The van der Waals surface area contributed by atoms with Crippen LogP contribution >= 0.6 is 0 Å². The largest absolute Gasteiger partial charge is 0.411 e. The van der Waals surface area contributed by atoms with Gasteiger partial charge in [0.2, 0.25) is 0 Å². The lowest BCUT2D eigenvalue weighted by Crippen LogP contribution is -1.92. The van der Waals surface area contributed by atoms with Crippen LogP contribution in [0.5, 0.6) is 0 Å². The fourth-order valence-corrected chi connectivity index (χ4v) is 1.43. The van der Waals surface area contributed by atoms with Crippen LogP contribution in [0.4, 0.5) is 0 Å². The quantitative estimate of drug-likeness (QED) is 0.437. The van der Waals surface area contributed by atoms with Crippen LogP contribution < -0.4 is 0 Å². The molecule has 1 aliphatic carbocycles. The zero-order valence-corrected chi connectivity index (χ0v) is 6.04. The molecule has 2 nitrogen and oxygen atoms in total. The lowest BCUT2D eigenvalue weighted by Gasteiger charge is -1.94. The highest BCUT2D eigenvalue weighted by atomic mass is 16.4. The fourth-order valence-electron chi connectivity index (χ4n) is 1.43. The zero-order chi connectivity index (χ0) is 7.68. The van der Waals surface area contributed by atoms with Crippen molar-refractivity contribution in [2.45, 2.75) is 12.8 Å². The van der Waals surface area contributed by atoms with Crippen molar-refractivity contribution < 1.29 is 5.21 Å². The topological polar surface area (TPSA) is 32.6 Å². The van der Waals surface area contributed by atoms with Crippen LogP contribution in [-0.2, 0) is 6.42 Å². The van der Waals surface area contributed by atoms with E-state index >= 15 is 0 Å². The van der Waals surface area contributed by atoms with Crippen molar-refractivity contribution in [3.63, 3.8) is 0 Å². The van der Waals surface area contributed by atoms with E-state index in [0.29, 0.717) is 0 Å². The van der Waals surface area contributed by atoms with Crippen LogP contribution in [0.15, 0.2) is 23.4 Å². The Morgan fingerprint density at radius 1 is 1.45 bits per heavy atom. The number of oxime groups is 1. The number of benzene rings is 1. The van der Waals surface area contributed by atoms with Gasteiger partial charge in [0.1, 0.15) is 0 Å². The van der Waals surface area contributed by atoms with Gasteiger partial charge in [0.15, 0.2) is 0 Å². The minimum atomic E-state index is 0.789. The Morgan fingerprint density at radius 3 is 3.18 bits per heavy atom. The minimum absolute atomic E-state index is 0.789. The van der Waals surface area contributed by atoms with Gasteiger partial charge in [0.05, 0.1) is 5.71 Å². The average molecular weight is 146 g/mol. The third-order valence-electron chi connectivity index (χ3n) is 1.99. The third-order valence-corrected chi connectivity index (χ3v) is 1.99. The molecule has 0 fully saturated rings. The number of hydrogen-bond donors (Lipinski definition) is 1. The molecule has 1 aromatic carbocycles. The molecule has 0 aliphatic heterocycles. The molecule has 0 atom stereocenters. The number of rotatable bonds is 0. The van der Waals surface area contributed by atoms with Gasteiger partial charge in [0.25, 0.3) is 0 Å². The first-order valence-electron chi connectivity index (χ1n) is 3.62. The normalized spacial score (nSPS) is 18.7. The summed E-state index contributed by atoms with van der Waals surface area (Å²) in [4.78, 5) is 0. The van der Waals surface area contributed by atoms with Crippen molar-refractivity contribution in [3.05, 3.63) is 35.4 Å². The zero-order valence-electron chi connectivity index (χ0n) is 6.04. The first kappa shape index (κ1) is 6.40. The van der Waals surface area contributed by atoms with Gasteiger partial charge in [-0.25, -0.2) is 0 Å². The van der Waals surface area contributed by atoms with E-state index in [-0.39, 0.29) is 0 Å². The van der Waals surface area contributed by atoms with E-state index in [1.807, 2.05) is 18.2 Å². The smallest absolute Gasteiger partial charge is 0.0874 e. The summed E-state index contributed by atoms with van der Waals surface area (Å²) in [5.41, 5.74) is 3.01. The Labute approximate surface area is 65.2 Å². The molecule has 11 heavy (non-hydrogen) atoms. The second-order valence-electron chi connectivity index (χ2n) is 2.61. The van der Waals surface area contributed by atoms with E-state index < -0.39 is 0 Å². The van der Waals surface area contributed by atoms with Gasteiger partial charge >= 0.3 is 0 Å². The number of aryl methyl sites for hydroxylation is 1. The van der Waals surface area contributed by atoms with Crippen LogP contribution in [-0.4, -0.2) is 10.9 Å². The van der Waals surface area contributed by atoms with E-state index in [9.17, 15) is 0 Å². The predicted octanol–water partition coefficient (Wildman–Crippen LogP) is 1.61. The van der Waals surface area contributed by atoms with Crippen LogP contribution in [0.25, 0.3) is 0 Å². The van der Waals surface area contributed by atoms with Crippen LogP contribution in [0.3, 0.4) is 0 Å². The van der Waals surface area contributed by atoms with Gasteiger partial charge in [-0.15, -0.1) is 0 Å². The van der Waals surface area contributed by atoms with Crippen molar-refractivity contribution in [1.82, 2.24) is 0 Å². The highest BCUT2D eigenvalue weighted by Crippen LogP contribution is 2.20. The Kier molecular flexibility index (Phi) is 1.39. The Bertz CT molecular complexity index is 304. The summed E-state index contributed by atoms with van der Waals surface area (Å²) < 4.78 is 0. The van der Waals surface area contributed by atoms with Gasteiger partial charge in [-0.05, 0) is 24.5 Å². The predicted molar refractivity (Wildman–Crippen MR) is 41.9 cm³/mol. The molecule has 55 valence electrons. The average Bonchev–Trinajstić information content (AvgIpc) is 2.47. The number of fused-ring (bicyclic) bond motifs is 1. The van der Waals surface area contributed by atoms with E-state index in [1.54, 1.807) is 0 Å². The second-order valence-corrected chi connectivity index (χ2v) is 2.61. The molecule has 0 aromatic heterocycles. The lowest BCUT2D eigenvalue weighted by molar-refractivity contribution is 0.318. The van der Waals surface area contributed by atoms with E-state index in [4.69, 9.17) is 5.21 Å². The summed E-state index contributed by atoms with van der Waals surface area (Å²) >= 11 is 0. The highest BCUT2D eigenvalue weighted by molar-refractivity contribution is 6.03. The van der Waals surface area contributed by atoms with E-state index in [1.165, 1.54) is 5.56 Å². The summed E-state index contributed by atoms with van der Waals surface area (Å²) in [6, 6.07) is 8.89. The SMILES string of the molecule is O/N=C1/CCc2[c]cccc21. The summed E-state index contributed by atoms with van der Waals surface area (Å²) in [5.74, 6) is 0. The second kappa shape index (κ2) is 2.38. The van der Waals surface area contributed by atoms with Crippen molar-refractivity contribution in [1.29, 1.82) is 0 Å². The molecule has 1 N–H and O–H groups in total. The van der Waals surface area contributed by atoms with E-state index in [0.717, 1.165) is 24.1 Å². The standard InChI is InChI=1S/C9H8NO/c11-10-9-6-5-7-3-1-2-4-8(7)9/h1-2,4,11H,5-6H2/b10-9-. The number of nitrogens with zero attached hydrogens (tertiary/aromatic N) is 1. The van der Waals surface area contributed by atoms with Crippen molar-refractivity contribution in [2.24, 2.45) is 5.16 Å². The molecule has 0 unspecified atom stereocenters. The molecule has 0 amide bonds. The summed E-state index contributed by atoms with van der Waals surface area (Å²) in [6.07, 6.45) is 1.79. The van der Waals surface area contributed by atoms with Crippen molar-refractivity contribution in [2.75, 3.05) is 0 Å². The molecule has 1 aromatic rings. The Balaban J connectivity index is 2.55. The van der Waals surface area contributed by atoms with Crippen molar-refractivity contribution in [3.8, 4) is 0 Å². The third kappa shape index (κ3) is 0.909. The molecule has 0 bridgehead atoms. The molecule has 2 heteroatoms. The van der Waals surface area contributed by atoms with Gasteiger partial charge in [0, 0.05) is 5.56 Å². The highest BCUT2D eigenvalue weighted by Gasteiger charge is 2.16. The maximum atomic E-state index is 8.59. The minimum Gasteiger partial charge on any atom is -0.411 e. The van der Waals surface area contributed by atoms with Gasteiger partial charge in [-0.2, -0.15) is 0 Å². The Hall–Kier alpha value is -1.31. The van der Waals surface area contributed by atoms with Crippen molar-refractivity contribution >= 4 is 5.71 Å². The van der Waals surface area contributed by atoms with Crippen LogP contribution in [0.1, 0.15) is 17.5 Å². The van der Waals surface area contributed by atoms with Crippen LogP contribution in [0.2, 0.25) is 0 Å². The van der Waals surface area contributed by atoms with Crippen LogP contribution in [0, 0.1) is 6.07 Å². The molecular formula is C9H8NO. The summed E-state index contributed by atoms with van der Waals surface area (Å²) in [5, 5.41) is 11.8. The molecule has 1 radical (unpaired) electrons. The van der Waals surface area contributed by atoms with E-state index in [2.05, 4.69) is 11.2 Å². The summed E-state index contributed by atoms with van der Waals surface area (Å²) in [7, 11) is 0. The molecule has 0 spiro atoms. The maximum absolute atomic E-state index is 8.59. The molecular weight excluding hydrogens is 138 g/mol. The Morgan fingerprint density at radius 2 is 2.36 bits per heavy atom. The first-order chi connectivity index (χ1) is 5.42.